The predicted octanol–water partition coefficient (Wildman–Crippen LogP) is 1.02. The summed E-state index contributed by atoms with van der Waals surface area (Å²) in [5, 5.41) is 10.3. The van der Waals surface area contributed by atoms with Gasteiger partial charge in [0.05, 0.1) is 0 Å². The molecule has 6 heteroatoms. The molecule has 9 heavy (non-hydrogen) atoms. The average molecular weight is 279 g/mol. The molecular formula is C3H8INO2P2. The highest BCUT2D eigenvalue weighted by Crippen LogP contribution is 2.31. The van der Waals surface area contributed by atoms with Gasteiger partial charge in [-0.15, -0.1) is 0 Å². The zero-order valence-electron chi connectivity index (χ0n) is 4.90. The maximum absolute atomic E-state index is 10.6. The molecule has 0 spiro atoms. The van der Waals surface area contributed by atoms with Gasteiger partial charge in [-0.1, -0.05) is 8.27 Å². The molecule has 0 bridgehead atoms. The maximum atomic E-state index is 10.6. The minimum atomic E-state index is -0.289. The van der Waals surface area contributed by atoms with Crippen LogP contribution in [0.5, 0.6) is 0 Å². The van der Waals surface area contributed by atoms with E-state index in [0.29, 0.717) is 20.5 Å². The predicted molar refractivity (Wildman–Crippen MR) is 51.1 cm³/mol. The Hall–Kier alpha value is 1.21. The first-order chi connectivity index (χ1) is 4.18. The molecule has 0 amide bonds. The third kappa shape index (κ3) is 5.64. The molecule has 3 nitrogen and oxygen atoms in total. The molecule has 0 aromatic heterocycles. The molecule has 0 saturated carbocycles. The summed E-state index contributed by atoms with van der Waals surface area (Å²) in [5.74, 6) is 0. The Balaban J connectivity index is 3.27. The molecule has 0 aromatic rings. The van der Waals surface area contributed by atoms with Gasteiger partial charge in [0.1, 0.15) is 8.50 Å². The summed E-state index contributed by atoms with van der Waals surface area (Å²) in [5.41, 5.74) is 0. The van der Waals surface area contributed by atoms with Crippen LogP contribution >= 0.6 is 39.4 Å². The quantitative estimate of drug-likeness (QED) is 0.361. The van der Waals surface area contributed by atoms with Crippen LogP contribution < -0.4 is 5.23 Å². The molecule has 54 valence electrons. The van der Waals surface area contributed by atoms with Crippen LogP contribution in [0.15, 0.2) is 10.3 Å². The summed E-state index contributed by atoms with van der Waals surface area (Å²) < 4.78 is 5.19. The Morgan fingerprint density at radius 1 is 1.89 bits per heavy atom. The van der Waals surface area contributed by atoms with Crippen molar-refractivity contribution < 1.29 is 9.85 Å². The van der Waals surface area contributed by atoms with Crippen LogP contribution in [0.4, 0.5) is 0 Å². The first-order valence-electron chi connectivity index (χ1n) is 2.15. The Morgan fingerprint density at radius 3 is 2.78 bits per heavy atom. The smallest absolute Gasteiger partial charge is 0.193 e. The summed E-state index contributed by atoms with van der Waals surface area (Å²) in [7, 11) is 0.984. The molecule has 3 atom stereocenters. The normalized spacial score (nSPS) is 15.9. The molecular weight excluding hydrogens is 271 g/mol. The number of hydroxylamine groups is 2. The standard InChI is InChI=1S/C3H8INO2P2/c1-3(4)5(6)7-9-8-2/h5,8-9H,1H2,2H3. The van der Waals surface area contributed by atoms with Crippen LogP contribution in [-0.2, 0) is 4.62 Å². The van der Waals surface area contributed by atoms with Gasteiger partial charge in [0.25, 0.3) is 0 Å². The van der Waals surface area contributed by atoms with Crippen molar-refractivity contribution in [2.45, 2.75) is 0 Å². The molecule has 0 fully saturated rings. The minimum Gasteiger partial charge on any atom is -0.594 e. The van der Waals surface area contributed by atoms with Gasteiger partial charge in [-0.3, -0.25) is 0 Å². The van der Waals surface area contributed by atoms with E-state index in [9.17, 15) is 5.21 Å². The molecule has 0 aliphatic rings. The molecule has 0 aliphatic heterocycles. The van der Waals surface area contributed by atoms with Gasteiger partial charge in [-0.2, -0.15) is 9.85 Å². The molecule has 0 aromatic carbocycles. The molecule has 1 N–H and O–H groups in total. The highest BCUT2D eigenvalue weighted by atomic mass is 127. The molecule has 0 rings (SSSR count). The fourth-order valence-electron chi connectivity index (χ4n) is 0.153. The average Bonchev–Trinajstić information content (AvgIpc) is 1.82. The zero-order valence-corrected chi connectivity index (χ0v) is 9.06. The number of halogens is 1. The van der Waals surface area contributed by atoms with Gasteiger partial charge in [0.2, 0.25) is 0 Å². The van der Waals surface area contributed by atoms with Crippen LogP contribution in [0.25, 0.3) is 0 Å². The number of hydrogen-bond acceptors (Lipinski definition) is 2. The highest BCUT2D eigenvalue weighted by molar-refractivity contribution is 14.1. The topological polar surface area (TPSA) is 36.7 Å². The summed E-state index contributed by atoms with van der Waals surface area (Å²) in [6.07, 6.45) is 0. The van der Waals surface area contributed by atoms with Gasteiger partial charge < -0.3 is 5.21 Å². The van der Waals surface area contributed by atoms with Crippen molar-refractivity contribution in [3.05, 3.63) is 15.5 Å². The van der Waals surface area contributed by atoms with Gasteiger partial charge in [0, 0.05) is 22.6 Å². The monoisotopic (exact) mass is 279 g/mol. The van der Waals surface area contributed by atoms with E-state index in [-0.39, 0.29) is 5.23 Å². The van der Waals surface area contributed by atoms with Crippen molar-refractivity contribution in [1.82, 2.24) is 0 Å². The molecule has 0 heterocycles. The van der Waals surface area contributed by atoms with E-state index < -0.39 is 0 Å². The third-order valence-corrected chi connectivity index (χ3v) is 2.32. The van der Waals surface area contributed by atoms with Crippen molar-refractivity contribution in [3.8, 4) is 0 Å². The van der Waals surface area contributed by atoms with E-state index in [1.54, 1.807) is 0 Å². The highest BCUT2D eigenvalue weighted by Gasteiger charge is 1.97. The summed E-state index contributed by atoms with van der Waals surface area (Å²) in [6, 6.07) is 0. The minimum absolute atomic E-state index is 0.289. The molecule has 0 saturated heterocycles. The fourth-order valence-corrected chi connectivity index (χ4v) is 1.37. The van der Waals surface area contributed by atoms with Crippen molar-refractivity contribution in [1.29, 1.82) is 0 Å². The second kappa shape index (κ2) is 5.96. The summed E-state index contributed by atoms with van der Waals surface area (Å²) in [4.78, 5) is 0. The van der Waals surface area contributed by atoms with Gasteiger partial charge in [-0.05, 0) is 13.2 Å². The van der Waals surface area contributed by atoms with Crippen LogP contribution in [-0.4, -0.2) is 6.66 Å². The lowest BCUT2D eigenvalue weighted by molar-refractivity contribution is -0.978. The Bertz CT molecular complexity index is 102. The van der Waals surface area contributed by atoms with Crippen molar-refractivity contribution in [2.24, 2.45) is 0 Å². The summed E-state index contributed by atoms with van der Waals surface area (Å²) >= 11 is 1.85. The van der Waals surface area contributed by atoms with E-state index in [0.717, 1.165) is 0 Å². The van der Waals surface area contributed by atoms with E-state index in [1.165, 1.54) is 0 Å². The van der Waals surface area contributed by atoms with Crippen molar-refractivity contribution in [2.75, 3.05) is 6.66 Å². The van der Waals surface area contributed by atoms with Gasteiger partial charge in [0.15, 0.2) is 3.70 Å². The van der Waals surface area contributed by atoms with Crippen molar-refractivity contribution in [3.63, 3.8) is 0 Å². The number of quaternary nitrogens is 1. The van der Waals surface area contributed by atoms with E-state index in [4.69, 9.17) is 4.62 Å². The third-order valence-electron chi connectivity index (χ3n) is 0.467. The Kier molecular flexibility index (Phi) is 6.76. The number of hydrogen-bond donors (Lipinski definition) is 1. The first-order valence-corrected chi connectivity index (χ1v) is 6.64. The lowest BCUT2D eigenvalue weighted by Crippen LogP contribution is -3.01. The van der Waals surface area contributed by atoms with Crippen LogP contribution in [0.2, 0.25) is 0 Å². The molecule has 0 aliphatic carbocycles. The molecule has 3 unspecified atom stereocenters. The van der Waals surface area contributed by atoms with Gasteiger partial charge in [-0.25, -0.2) is 0 Å². The van der Waals surface area contributed by atoms with E-state index >= 15 is 0 Å². The van der Waals surface area contributed by atoms with Crippen LogP contribution in [0.3, 0.4) is 0 Å². The van der Waals surface area contributed by atoms with E-state index in [1.807, 2.05) is 29.3 Å². The van der Waals surface area contributed by atoms with Crippen LogP contribution in [0.1, 0.15) is 0 Å². The first kappa shape index (κ1) is 10.2. The lowest BCUT2D eigenvalue weighted by atomic mass is 11.1. The second-order valence-corrected chi connectivity index (χ2v) is 5.47. The largest absolute Gasteiger partial charge is 0.594 e. The number of rotatable bonds is 4. The number of nitrogens with one attached hydrogen (secondary N) is 1. The SMILES string of the molecule is C=C(I)[NH+]([O-])OPPC. The Morgan fingerprint density at radius 2 is 2.44 bits per heavy atom. The second-order valence-electron chi connectivity index (χ2n) is 1.15. The van der Waals surface area contributed by atoms with Crippen molar-refractivity contribution >= 4 is 39.4 Å². The van der Waals surface area contributed by atoms with Crippen LogP contribution in [0, 0.1) is 5.21 Å². The Labute approximate surface area is 71.4 Å². The zero-order chi connectivity index (χ0) is 7.28. The summed E-state index contributed by atoms with van der Waals surface area (Å²) in [6.45, 7) is 5.42. The lowest BCUT2D eigenvalue weighted by Gasteiger charge is -2.16. The fraction of sp³-hybridized carbons (Fsp3) is 0.333. The molecule has 0 radical (unpaired) electrons. The van der Waals surface area contributed by atoms with E-state index in [2.05, 4.69) is 6.58 Å². The van der Waals surface area contributed by atoms with Gasteiger partial charge >= 0.3 is 0 Å². The maximum Gasteiger partial charge on any atom is 0.193 e.